The van der Waals surface area contributed by atoms with E-state index in [-0.39, 0.29) is 18.0 Å². The van der Waals surface area contributed by atoms with Crippen molar-refractivity contribution in [3.05, 3.63) is 87.6 Å². The van der Waals surface area contributed by atoms with E-state index in [1.54, 1.807) is 21.7 Å². The highest BCUT2D eigenvalue weighted by atomic mass is 35.5. The van der Waals surface area contributed by atoms with Gasteiger partial charge in [0.15, 0.2) is 5.65 Å². The smallest absolute Gasteiger partial charge is 0.264 e. The van der Waals surface area contributed by atoms with Crippen LogP contribution in [0.5, 0.6) is 0 Å². The monoisotopic (exact) mass is 419 g/mol. The van der Waals surface area contributed by atoms with E-state index in [1.165, 1.54) is 22.7 Å². The Morgan fingerprint density at radius 1 is 1.10 bits per heavy atom. The highest BCUT2D eigenvalue weighted by Crippen LogP contribution is 2.19. The number of halogens is 1. The Bertz CT molecular complexity index is 1330. The third-order valence-corrected chi connectivity index (χ3v) is 5.63. The summed E-state index contributed by atoms with van der Waals surface area (Å²) in [4.78, 5) is 31.9. The van der Waals surface area contributed by atoms with E-state index < -0.39 is 0 Å². The van der Waals surface area contributed by atoms with E-state index in [2.05, 4.69) is 16.1 Å². The number of nitrogens with zero attached hydrogens (tertiary/aromatic N) is 5. The average molecular weight is 420 g/mol. The molecule has 30 heavy (non-hydrogen) atoms. The zero-order chi connectivity index (χ0) is 20.7. The molecule has 0 N–H and O–H groups in total. The fourth-order valence-electron chi connectivity index (χ4n) is 3.81. The number of fused-ring (bicyclic) bond motifs is 2. The summed E-state index contributed by atoms with van der Waals surface area (Å²) in [7, 11) is 0. The Morgan fingerprint density at radius 3 is 2.77 bits per heavy atom. The molecule has 0 bridgehead atoms. The topological polar surface area (TPSA) is 73.0 Å². The van der Waals surface area contributed by atoms with Gasteiger partial charge in [0.2, 0.25) is 5.91 Å². The van der Waals surface area contributed by atoms with Crippen LogP contribution in [0.4, 0.5) is 0 Å². The number of carbonyl (C=O) groups excluding carboxylic acids is 1. The first-order valence-corrected chi connectivity index (χ1v) is 10.0. The second kappa shape index (κ2) is 7.42. The molecular weight excluding hydrogens is 402 g/mol. The lowest BCUT2D eigenvalue weighted by Crippen LogP contribution is -2.39. The summed E-state index contributed by atoms with van der Waals surface area (Å²) < 4.78 is 2.91. The minimum Gasteiger partial charge on any atom is -0.336 e. The van der Waals surface area contributed by atoms with Crippen molar-refractivity contribution in [1.82, 2.24) is 24.2 Å². The number of hydrogen-bond acceptors (Lipinski definition) is 4. The molecule has 150 valence electrons. The van der Waals surface area contributed by atoms with E-state index in [9.17, 15) is 9.59 Å². The summed E-state index contributed by atoms with van der Waals surface area (Å²) in [5, 5.41) is 5.21. The molecule has 3 heterocycles. The normalized spacial score (nSPS) is 13.4. The second-order valence-corrected chi connectivity index (χ2v) is 7.72. The van der Waals surface area contributed by atoms with Gasteiger partial charge in [-0.15, -0.1) is 0 Å². The molecule has 0 aliphatic carbocycles. The summed E-state index contributed by atoms with van der Waals surface area (Å²) >= 11 is 6.06. The largest absolute Gasteiger partial charge is 0.336 e. The van der Waals surface area contributed by atoms with Gasteiger partial charge in [0.1, 0.15) is 18.3 Å². The van der Waals surface area contributed by atoms with Crippen LogP contribution in [0.25, 0.3) is 16.7 Å². The van der Waals surface area contributed by atoms with Crippen molar-refractivity contribution in [1.29, 1.82) is 0 Å². The van der Waals surface area contributed by atoms with Gasteiger partial charge in [-0.05, 0) is 35.7 Å². The van der Waals surface area contributed by atoms with Gasteiger partial charge in [0, 0.05) is 18.1 Å². The first-order valence-electron chi connectivity index (χ1n) is 9.64. The van der Waals surface area contributed by atoms with Gasteiger partial charge in [-0.3, -0.25) is 14.2 Å². The molecule has 0 unspecified atom stereocenters. The molecule has 1 aliphatic rings. The zero-order valence-corrected chi connectivity index (χ0v) is 16.8. The van der Waals surface area contributed by atoms with Gasteiger partial charge in [-0.1, -0.05) is 41.9 Å². The highest BCUT2D eigenvalue weighted by molar-refractivity contribution is 6.30. The third kappa shape index (κ3) is 3.27. The van der Waals surface area contributed by atoms with Crippen LogP contribution in [0.2, 0.25) is 5.02 Å². The maximum atomic E-state index is 12.9. The number of benzene rings is 2. The highest BCUT2D eigenvalue weighted by Gasteiger charge is 2.21. The lowest BCUT2D eigenvalue weighted by atomic mass is 10.00. The Morgan fingerprint density at radius 2 is 1.93 bits per heavy atom. The lowest BCUT2D eigenvalue weighted by Gasteiger charge is -2.29. The first-order chi connectivity index (χ1) is 14.6. The van der Waals surface area contributed by atoms with Crippen LogP contribution >= 0.6 is 11.6 Å². The van der Waals surface area contributed by atoms with E-state index >= 15 is 0 Å². The van der Waals surface area contributed by atoms with Gasteiger partial charge in [0.25, 0.3) is 5.56 Å². The van der Waals surface area contributed by atoms with Gasteiger partial charge in [0.05, 0.1) is 11.9 Å². The van der Waals surface area contributed by atoms with Gasteiger partial charge in [-0.2, -0.15) is 5.10 Å². The number of amides is 1. The molecule has 0 saturated carbocycles. The Kier molecular flexibility index (Phi) is 4.59. The SMILES string of the molecule is O=C(Cn1cnc2c(cnn2-c2cccc(Cl)c2)c1=O)N1CCc2ccccc2C1. The van der Waals surface area contributed by atoms with E-state index in [0.717, 1.165) is 12.0 Å². The summed E-state index contributed by atoms with van der Waals surface area (Å²) in [6, 6.07) is 15.3. The molecule has 0 atom stereocenters. The zero-order valence-electron chi connectivity index (χ0n) is 16.0. The molecule has 7 nitrogen and oxygen atoms in total. The molecule has 2 aromatic heterocycles. The Balaban J connectivity index is 1.41. The van der Waals surface area contributed by atoms with Gasteiger partial charge >= 0.3 is 0 Å². The van der Waals surface area contributed by atoms with Crippen molar-refractivity contribution >= 4 is 28.5 Å². The van der Waals surface area contributed by atoms with Crippen LogP contribution in [-0.2, 0) is 24.3 Å². The molecule has 2 aromatic carbocycles. The van der Waals surface area contributed by atoms with E-state index in [0.29, 0.717) is 34.8 Å². The molecule has 1 amide bonds. The number of carbonyl (C=O) groups is 1. The maximum Gasteiger partial charge on any atom is 0.264 e. The molecule has 8 heteroatoms. The maximum absolute atomic E-state index is 12.9. The van der Waals surface area contributed by atoms with E-state index in [1.807, 2.05) is 30.3 Å². The summed E-state index contributed by atoms with van der Waals surface area (Å²) in [5.41, 5.74) is 3.28. The molecule has 0 radical (unpaired) electrons. The van der Waals surface area contributed by atoms with Gasteiger partial charge < -0.3 is 4.90 Å². The number of hydrogen-bond donors (Lipinski definition) is 0. The fourth-order valence-corrected chi connectivity index (χ4v) is 4.00. The Labute approximate surface area is 177 Å². The van der Waals surface area contributed by atoms with Crippen LogP contribution in [0, 0.1) is 0 Å². The first kappa shape index (κ1) is 18.6. The van der Waals surface area contributed by atoms with Crippen LogP contribution in [-0.4, -0.2) is 36.7 Å². The second-order valence-electron chi connectivity index (χ2n) is 7.29. The van der Waals surface area contributed by atoms with Crippen molar-refractivity contribution in [2.24, 2.45) is 0 Å². The minimum absolute atomic E-state index is 0.0493. The fraction of sp³-hybridized carbons (Fsp3) is 0.182. The number of rotatable bonds is 3. The van der Waals surface area contributed by atoms with Crippen molar-refractivity contribution in [3.63, 3.8) is 0 Å². The lowest BCUT2D eigenvalue weighted by molar-refractivity contribution is -0.132. The van der Waals surface area contributed by atoms with Crippen LogP contribution in [0.15, 0.2) is 65.8 Å². The predicted molar refractivity (Wildman–Crippen MR) is 114 cm³/mol. The molecule has 4 aromatic rings. The molecule has 0 spiro atoms. The standard InChI is InChI=1S/C22H18ClN5O2/c23-17-6-3-7-18(10-17)28-21-19(11-25-28)22(30)27(14-24-21)13-20(29)26-9-8-15-4-1-2-5-16(15)12-26/h1-7,10-11,14H,8-9,12-13H2. The minimum atomic E-state index is -0.293. The third-order valence-electron chi connectivity index (χ3n) is 5.40. The van der Waals surface area contributed by atoms with Crippen LogP contribution < -0.4 is 5.56 Å². The molecule has 1 aliphatic heterocycles. The number of aromatic nitrogens is 4. The molecule has 0 saturated heterocycles. The van der Waals surface area contributed by atoms with E-state index in [4.69, 9.17) is 11.6 Å². The van der Waals surface area contributed by atoms with Crippen molar-refractivity contribution in [2.45, 2.75) is 19.5 Å². The average Bonchev–Trinajstić information content (AvgIpc) is 3.20. The Hall–Kier alpha value is -3.45. The van der Waals surface area contributed by atoms with Crippen molar-refractivity contribution in [2.75, 3.05) is 6.54 Å². The quantitative estimate of drug-likeness (QED) is 0.512. The predicted octanol–water partition coefficient (Wildman–Crippen LogP) is 2.82. The van der Waals surface area contributed by atoms with Crippen LogP contribution in [0.3, 0.4) is 0 Å². The molecular formula is C22H18ClN5O2. The molecule has 0 fully saturated rings. The van der Waals surface area contributed by atoms with Crippen molar-refractivity contribution < 1.29 is 4.79 Å². The summed E-state index contributed by atoms with van der Waals surface area (Å²) in [5.74, 6) is -0.102. The van der Waals surface area contributed by atoms with Crippen molar-refractivity contribution in [3.8, 4) is 5.69 Å². The van der Waals surface area contributed by atoms with Crippen LogP contribution in [0.1, 0.15) is 11.1 Å². The summed E-state index contributed by atoms with van der Waals surface area (Å²) in [6.07, 6.45) is 3.70. The van der Waals surface area contributed by atoms with Gasteiger partial charge in [-0.25, -0.2) is 9.67 Å². The summed E-state index contributed by atoms with van der Waals surface area (Å²) in [6.45, 7) is 1.16. The molecule has 5 rings (SSSR count).